The standard InChI is InChI=1S/C14H13Cl3N4S/c1-2-5-18-14(22)19-13-12(17)8-21(20-13)7-9-3-4-10(15)6-11(9)16/h2-4,6,8H,1,5,7H2,(H2,18,19,20,22). The molecule has 0 radical (unpaired) electrons. The first kappa shape index (κ1) is 17.1. The number of nitrogens with zero attached hydrogens (tertiary/aromatic N) is 2. The zero-order valence-corrected chi connectivity index (χ0v) is 14.5. The first-order valence-electron chi connectivity index (χ1n) is 6.32. The molecule has 0 aliphatic heterocycles. The Hall–Kier alpha value is -1.27. The minimum atomic E-state index is 0.427. The van der Waals surface area contributed by atoms with Gasteiger partial charge in [-0.1, -0.05) is 46.9 Å². The van der Waals surface area contributed by atoms with Crippen molar-refractivity contribution in [2.45, 2.75) is 6.54 Å². The van der Waals surface area contributed by atoms with Gasteiger partial charge in [0.25, 0.3) is 0 Å². The fourth-order valence-electron chi connectivity index (χ4n) is 1.70. The quantitative estimate of drug-likeness (QED) is 0.602. The summed E-state index contributed by atoms with van der Waals surface area (Å²) in [5, 5.41) is 12.3. The highest BCUT2D eigenvalue weighted by Gasteiger charge is 2.10. The van der Waals surface area contributed by atoms with Gasteiger partial charge in [-0.15, -0.1) is 6.58 Å². The van der Waals surface area contributed by atoms with Crippen molar-refractivity contribution in [1.82, 2.24) is 15.1 Å². The maximum Gasteiger partial charge on any atom is 0.173 e. The number of benzene rings is 1. The summed E-state index contributed by atoms with van der Waals surface area (Å²) in [6.07, 6.45) is 3.40. The number of aromatic nitrogens is 2. The largest absolute Gasteiger partial charge is 0.359 e. The Morgan fingerprint density at radius 2 is 2.09 bits per heavy atom. The summed E-state index contributed by atoms with van der Waals surface area (Å²) < 4.78 is 1.68. The third-order valence-corrected chi connectivity index (χ3v) is 3.81. The number of halogens is 3. The Labute approximate surface area is 149 Å². The van der Waals surface area contributed by atoms with Gasteiger partial charge in [0, 0.05) is 22.8 Å². The molecule has 0 unspecified atom stereocenters. The van der Waals surface area contributed by atoms with Gasteiger partial charge in [0.15, 0.2) is 10.9 Å². The van der Waals surface area contributed by atoms with E-state index in [9.17, 15) is 0 Å². The van der Waals surface area contributed by atoms with Crippen LogP contribution in [0.1, 0.15) is 5.56 Å². The van der Waals surface area contributed by atoms with Crippen molar-refractivity contribution in [2.24, 2.45) is 0 Å². The molecule has 0 amide bonds. The molecule has 0 saturated heterocycles. The van der Waals surface area contributed by atoms with Crippen molar-refractivity contribution >= 4 is 58.0 Å². The molecule has 1 heterocycles. The summed E-state index contributed by atoms with van der Waals surface area (Å²) in [4.78, 5) is 0. The van der Waals surface area contributed by atoms with Crippen LogP contribution in [-0.4, -0.2) is 21.4 Å². The van der Waals surface area contributed by atoms with E-state index in [0.717, 1.165) is 5.56 Å². The molecule has 1 aromatic heterocycles. The number of anilines is 1. The van der Waals surface area contributed by atoms with Gasteiger partial charge in [0.05, 0.1) is 6.54 Å². The molecule has 1 aromatic carbocycles. The normalized spacial score (nSPS) is 10.3. The molecule has 116 valence electrons. The molecular weight excluding hydrogens is 363 g/mol. The van der Waals surface area contributed by atoms with E-state index in [1.165, 1.54) is 0 Å². The molecule has 8 heteroatoms. The summed E-state index contributed by atoms with van der Waals surface area (Å²) in [5.74, 6) is 0.480. The molecule has 2 N–H and O–H groups in total. The Balaban J connectivity index is 2.09. The molecule has 22 heavy (non-hydrogen) atoms. The van der Waals surface area contributed by atoms with Crippen molar-refractivity contribution in [3.63, 3.8) is 0 Å². The zero-order valence-electron chi connectivity index (χ0n) is 11.4. The number of thiocarbonyl (C=S) groups is 1. The Kier molecular flexibility index (Phi) is 6.08. The van der Waals surface area contributed by atoms with Crippen LogP contribution in [0.25, 0.3) is 0 Å². The maximum atomic E-state index is 6.15. The van der Waals surface area contributed by atoms with Gasteiger partial charge in [0.2, 0.25) is 0 Å². The highest BCUT2D eigenvalue weighted by Crippen LogP contribution is 2.24. The van der Waals surface area contributed by atoms with Crippen LogP contribution in [0.3, 0.4) is 0 Å². The zero-order chi connectivity index (χ0) is 16.1. The first-order valence-corrected chi connectivity index (χ1v) is 7.86. The molecule has 0 fully saturated rings. The second-order valence-electron chi connectivity index (χ2n) is 4.38. The van der Waals surface area contributed by atoms with Gasteiger partial charge < -0.3 is 10.6 Å². The maximum absolute atomic E-state index is 6.15. The molecule has 2 aromatic rings. The Bertz CT molecular complexity index is 699. The van der Waals surface area contributed by atoms with Crippen LogP contribution in [0.4, 0.5) is 5.82 Å². The van der Waals surface area contributed by atoms with Gasteiger partial charge in [-0.25, -0.2) is 0 Å². The van der Waals surface area contributed by atoms with E-state index in [0.29, 0.717) is 39.1 Å². The van der Waals surface area contributed by atoms with Crippen LogP contribution >= 0.6 is 47.0 Å². The highest BCUT2D eigenvalue weighted by molar-refractivity contribution is 7.80. The van der Waals surface area contributed by atoms with Crippen LogP contribution in [-0.2, 0) is 6.54 Å². The predicted octanol–water partition coefficient (Wildman–Crippen LogP) is 4.36. The first-order chi connectivity index (χ1) is 10.5. The number of hydrogen-bond donors (Lipinski definition) is 2. The smallest absolute Gasteiger partial charge is 0.173 e. The van der Waals surface area contributed by atoms with Gasteiger partial charge in [0.1, 0.15) is 5.02 Å². The van der Waals surface area contributed by atoms with Gasteiger partial charge in [-0.05, 0) is 29.9 Å². The molecule has 0 aliphatic rings. The van der Waals surface area contributed by atoms with Crippen molar-refractivity contribution in [3.05, 3.63) is 57.7 Å². The average molecular weight is 376 g/mol. The highest BCUT2D eigenvalue weighted by atomic mass is 35.5. The lowest BCUT2D eigenvalue weighted by molar-refractivity contribution is 0.690. The van der Waals surface area contributed by atoms with Crippen LogP contribution in [0.5, 0.6) is 0 Å². The van der Waals surface area contributed by atoms with E-state index in [4.69, 9.17) is 47.0 Å². The van der Waals surface area contributed by atoms with E-state index in [1.807, 2.05) is 6.07 Å². The number of nitrogens with one attached hydrogen (secondary N) is 2. The summed E-state index contributed by atoms with van der Waals surface area (Å²) in [6.45, 7) is 4.64. The van der Waals surface area contributed by atoms with Crippen molar-refractivity contribution in [3.8, 4) is 0 Å². The van der Waals surface area contributed by atoms with E-state index < -0.39 is 0 Å². The van der Waals surface area contributed by atoms with Crippen molar-refractivity contribution in [1.29, 1.82) is 0 Å². The van der Waals surface area contributed by atoms with Crippen LogP contribution in [0.2, 0.25) is 15.1 Å². The van der Waals surface area contributed by atoms with Crippen molar-refractivity contribution in [2.75, 3.05) is 11.9 Å². The minimum absolute atomic E-state index is 0.427. The number of hydrogen-bond acceptors (Lipinski definition) is 2. The fourth-order valence-corrected chi connectivity index (χ4v) is 2.55. The van der Waals surface area contributed by atoms with E-state index in [-0.39, 0.29) is 0 Å². The average Bonchev–Trinajstić information content (AvgIpc) is 2.80. The molecule has 0 aliphatic carbocycles. The van der Waals surface area contributed by atoms with E-state index in [1.54, 1.807) is 29.1 Å². The summed E-state index contributed by atoms with van der Waals surface area (Å²) in [6, 6.07) is 5.32. The molecule has 0 saturated carbocycles. The summed E-state index contributed by atoms with van der Waals surface area (Å²) >= 11 is 23.3. The Morgan fingerprint density at radius 1 is 1.32 bits per heavy atom. The fraction of sp³-hybridized carbons (Fsp3) is 0.143. The lowest BCUT2D eigenvalue weighted by atomic mass is 10.2. The van der Waals surface area contributed by atoms with Gasteiger partial charge in [-0.2, -0.15) is 5.10 Å². The topological polar surface area (TPSA) is 41.9 Å². The lowest BCUT2D eigenvalue weighted by Crippen LogP contribution is -2.28. The van der Waals surface area contributed by atoms with E-state index in [2.05, 4.69) is 22.3 Å². The molecular formula is C14H13Cl3N4S. The van der Waals surface area contributed by atoms with Crippen molar-refractivity contribution < 1.29 is 0 Å². The summed E-state index contributed by atoms with van der Waals surface area (Å²) in [5.41, 5.74) is 0.893. The third-order valence-electron chi connectivity index (χ3n) is 2.70. The van der Waals surface area contributed by atoms with E-state index >= 15 is 0 Å². The van der Waals surface area contributed by atoms with Gasteiger partial charge >= 0.3 is 0 Å². The minimum Gasteiger partial charge on any atom is -0.359 e. The van der Waals surface area contributed by atoms with Crippen LogP contribution in [0, 0.1) is 0 Å². The van der Waals surface area contributed by atoms with Crippen LogP contribution < -0.4 is 10.6 Å². The monoisotopic (exact) mass is 374 g/mol. The molecule has 4 nitrogen and oxygen atoms in total. The molecule has 0 bridgehead atoms. The second-order valence-corrected chi connectivity index (χ2v) is 6.04. The van der Waals surface area contributed by atoms with Crippen LogP contribution in [0.15, 0.2) is 37.1 Å². The third kappa shape index (κ3) is 4.61. The second kappa shape index (κ2) is 7.83. The Morgan fingerprint density at radius 3 is 2.77 bits per heavy atom. The molecule has 2 rings (SSSR count). The molecule has 0 atom stereocenters. The summed E-state index contributed by atoms with van der Waals surface area (Å²) in [7, 11) is 0. The van der Waals surface area contributed by atoms with Gasteiger partial charge in [-0.3, -0.25) is 4.68 Å². The SMILES string of the molecule is C=CCNC(=S)Nc1nn(Cc2ccc(Cl)cc2Cl)cc1Cl. The molecule has 0 spiro atoms. The number of rotatable bonds is 5. The lowest BCUT2D eigenvalue weighted by Gasteiger charge is -2.07. The predicted molar refractivity (Wildman–Crippen MR) is 97.2 cm³/mol.